The lowest BCUT2D eigenvalue weighted by Crippen LogP contribution is -2.38. The lowest BCUT2D eigenvalue weighted by molar-refractivity contribution is -0.0348. The zero-order valence-electron chi connectivity index (χ0n) is 17.4. The third-order valence-electron chi connectivity index (χ3n) is 5.44. The first-order valence-corrected chi connectivity index (χ1v) is 11.0. The minimum Gasteiger partial charge on any atom is -0.369 e. The Morgan fingerprint density at radius 2 is 2.16 bits per heavy atom. The maximum absolute atomic E-state index is 13.8. The largest absolute Gasteiger partial charge is 0.369 e. The number of anilines is 2. The Bertz CT molecular complexity index is 1220. The van der Waals surface area contributed by atoms with Crippen molar-refractivity contribution in [3.05, 3.63) is 64.7 Å². The summed E-state index contributed by atoms with van der Waals surface area (Å²) in [7, 11) is 1.99. The first-order valence-electron chi connectivity index (χ1n) is 10.2. The minimum atomic E-state index is -0.209. The summed E-state index contributed by atoms with van der Waals surface area (Å²) in [4.78, 5) is 7.07. The normalized spacial score (nSPS) is 17.3. The molecule has 5 rings (SSSR count). The van der Waals surface area contributed by atoms with Crippen molar-refractivity contribution < 1.29 is 9.13 Å². The minimum absolute atomic E-state index is 0.127. The van der Waals surface area contributed by atoms with Crippen LogP contribution in [0.5, 0.6) is 0 Å². The highest BCUT2D eigenvalue weighted by molar-refractivity contribution is 7.15. The fraction of sp³-hybridized carbons (Fsp3) is 0.318. The molecule has 9 heteroatoms. The van der Waals surface area contributed by atoms with E-state index >= 15 is 0 Å². The van der Waals surface area contributed by atoms with Gasteiger partial charge in [-0.25, -0.2) is 9.37 Å². The first kappa shape index (κ1) is 20.0. The van der Waals surface area contributed by atoms with Crippen molar-refractivity contribution >= 4 is 33.2 Å². The van der Waals surface area contributed by atoms with Gasteiger partial charge < -0.3 is 14.6 Å². The number of morpholine rings is 1. The van der Waals surface area contributed by atoms with Gasteiger partial charge in [-0.15, -0.1) is 10.2 Å². The van der Waals surface area contributed by atoms with E-state index in [1.165, 1.54) is 17.4 Å². The van der Waals surface area contributed by atoms with Crippen LogP contribution in [-0.4, -0.2) is 44.3 Å². The van der Waals surface area contributed by atoms with Crippen LogP contribution in [0.2, 0.25) is 0 Å². The van der Waals surface area contributed by atoms with Gasteiger partial charge in [0.2, 0.25) is 5.13 Å². The molecule has 0 amide bonds. The predicted molar refractivity (Wildman–Crippen MR) is 119 cm³/mol. The summed E-state index contributed by atoms with van der Waals surface area (Å²) in [6, 6.07) is 10.8. The molecule has 4 heterocycles. The van der Waals surface area contributed by atoms with Crippen molar-refractivity contribution in [1.29, 1.82) is 0 Å². The molecule has 160 valence electrons. The van der Waals surface area contributed by atoms with Gasteiger partial charge in [-0.1, -0.05) is 17.4 Å². The fourth-order valence-electron chi connectivity index (χ4n) is 3.99. The lowest BCUT2D eigenvalue weighted by Gasteiger charge is -2.32. The summed E-state index contributed by atoms with van der Waals surface area (Å²) < 4.78 is 21.9. The van der Waals surface area contributed by atoms with Gasteiger partial charge in [0.15, 0.2) is 0 Å². The van der Waals surface area contributed by atoms with Crippen LogP contribution in [0.25, 0.3) is 10.9 Å². The van der Waals surface area contributed by atoms with Crippen LogP contribution < -0.4 is 5.32 Å². The van der Waals surface area contributed by atoms with Crippen molar-refractivity contribution in [2.75, 3.05) is 25.0 Å². The van der Waals surface area contributed by atoms with Crippen molar-refractivity contribution in [2.24, 2.45) is 7.05 Å². The second-order valence-corrected chi connectivity index (χ2v) is 8.90. The summed E-state index contributed by atoms with van der Waals surface area (Å²) in [5.74, 6) is 0.512. The van der Waals surface area contributed by atoms with E-state index in [1.54, 1.807) is 6.07 Å². The third-order valence-corrected chi connectivity index (χ3v) is 6.19. The summed E-state index contributed by atoms with van der Waals surface area (Å²) in [6.45, 7) is 4.83. The van der Waals surface area contributed by atoms with E-state index in [0.717, 1.165) is 57.8 Å². The monoisotopic (exact) mass is 438 g/mol. The maximum Gasteiger partial charge on any atom is 0.211 e. The number of ether oxygens (including phenoxy) is 1. The lowest BCUT2D eigenvalue weighted by atomic mass is 10.1. The van der Waals surface area contributed by atoms with Gasteiger partial charge in [0.25, 0.3) is 0 Å². The maximum atomic E-state index is 13.8. The van der Waals surface area contributed by atoms with Gasteiger partial charge in [0.1, 0.15) is 22.7 Å². The molecule has 1 saturated heterocycles. The molecule has 1 aromatic carbocycles. The molecule has 1 atom stereocenters. The van der Waals surface area contributed by atoms with E-state index in [-0.39, 0.29) is 11.9 Å². The zero-order chi connectivity index (χ0) is 21.4. The van der Waals surface area contributed by atoms with Gasteiger partial charge in [0, 0.05) is 43.8 Å². The number of rotatable bonds is 5. The smallest absolute Gasteiger partial charge is 0.211 e. The highest BCUT2D eigenvalue weighted by atomic mass is 32.1. The summed E-state index contributed by atoms with van der Waals surface area (Å²) in [5, 5.41) is 13.9. The predicted octanol–water partition coefficient (Wildman–Crippen LogP) is 4.19. The Morgan fingerprint density at radius 1 is 1.26 bits per heavy atom. The molecular formula is C22H23FN6OS. The molecule has 0 aliphatic carbocycles. The second kappa shape index (κ2) is 8.33. The molecule has 1 aliphatic heterocycles. The zero-order valence-corrected chi connectivity index (χ0v) is 18.2. The quantitative estimate of drug-likeness (QED) is 0.504. The topological polar surface area (TPSA) is 68.1 Å². The Labute approximate surface area is 183 Å². The van der Waals surface area contributed by atoms with Gasteiger partial charge in [0.05, 0.1) is 12.3 Å². The Balaban J connectivity index is 1.32. The standard InChI is InChI=1S/C22H23FN6OS/c1-14-26-27-22(31-14)25-21-5-3-4-18(24-21)20-13-29(8-9-30-20)12-15-11-28(2)19-7-6-16(23)10-17(15)19/h3-7,10-11,20H,8-9,12-13H2,1-2H3,(H,24,25,27). The van der Waals surface area contributed by atoms with E-state index < -0.39 is 0 Å². The van der Waals surface area contributed by atoms with Crippen molar-refractivity contribution in [3.63, 3.8) is 0 Å². The van der Waals surface area contributed by atoms with Crippen LogP contribution in [0.1, 0.15) is 22.4 Å². The number of nitrogens with zero attached hydrogens (tertiary/aromatic N) is 5. The molecule has 7 nitrogen and oxygen atoms in total. The molecule has 0 bridgehead atoms. The van der Waals surface area contributed by atoms with Gasteiger partial charge >= 0.3 is 0 Å². The summed E-state index contributed by atoms with van der Waals surface area (Å²) >= 11 is 1.49. The Morgan fingerprint density at radius 3 is 3.00 bits per heavy atom. The molecule has 3 aromatic heterocycles. The number of hydrogen-bond donors (Lipinski definition) is 1. The number of benzene rings is 1. The number of halogens is 1. The van der Waals surface area contributed by atoms with Crippen LogP contribution in [0.15, 0.2) is 42.6 Å². The molecule has 0 spiro atoms. The van der Waals surface area contributed by atoms with Crippen LogP contribution in [0, 0.1) is 12.7 Å². The van der Waals surface area contributed by atoms with Gasteiger partial charge in [-0.05, 0) is 42.8 Å². The van der Waals surface area contributed by atoms with Gasteiger partial charge in [-0.2, -0.15) is 0 Å². The van der Waals surface area contributed by atoms with E-state index in [0.29, 0.717) is 6.61 Å². The highest BCUT2D eigenvalue weighted by Crippen LogP contribution is 2.27. The highest BCUT2D eigenvalue weighted by Gasteiger charge is 2.24. The Hall–Kier alpha value is -2.88. The Kier molecular flexibility index (Phi) is 5.39. The van der Waals surface area contributed by atoms with E-state index in [1.807, 2.05) is 42.8 Å². The SMILES string of the molecule is Cc1nnc(Nc2cccc(C3CN(Cc4cn(C)c5ccc(F)cc45)CCO3)n2)s1. The number of pyridine rings is 1. The van der Waals surface area contributed by atoms with E-state index in [4.69, 9.17) is 9.72 Å². The van der Waals surface area contributed by atoms with Crippen LogP contribution in [-0.2, 0) is 18.3 Å². The van der Waals surface area contributed by atoms with Crippen LogP contribution in [0.3, 0.4) is 0 Å². The van der Waals surface area contributed by atoms with Crippen molar-refractivity contribution in [1.82, 2.24) is 24.6 Å². The average molecular weight is 439 g/mol. The molecule has 1 unspecified atom stereocenters. The van der Waals surface area contributed by atoms with Crippen molar-refractivity contribution in [2.45, 2.75) is 19.6 Å². The number of nitrogens with one attached hydrogen (secondary N) is 1. The molecule has 0 radical (unpaired) electrons. The molecule has 1 fully saturated rings. The second-order valence-electron chi connectivity index (χ2n) is 7.72. The average Bonchev–Trinajstić information content (AvgIpc) is 3.31. The van der Waals surface area contributed by atoms with Crippen molar-refractivity contribution in [3.8, 4) is 0 Å². The molecule has 4 aromatic rings. The third kappa shape index (κ3) is 4.30. The molecule has 1 N–H and O–H groups in total. The number of hydrogen-bond acceptors (Lipinski definition) is 7. The van der Waals surface area contributed by atoms with Gasteiger partial charge in [-0.3, -0.25) is 4.90 Å². The fourth-order valence-corrected chi connectivity index (χ4v) is 4.59. The van der Waals surface area contributed by atoms with E-state index in [9.17, 15) is 4.39 Å². The number of fused-ring (bicyclic) bond motifs is 1. The summed E-state index contributed by atoms with van der Waals surface area (Å²) in [5.41, 5.74) is 3.03. The number of aryl methyl sites for hydroxylation is 2. The van der Waals surface area contributed by atoms with Crippen LogP contribution >= 0.6 is 11.3 Å². The van der Waals surface area contributed by atoms with Crippen LogP contribution in [0.4, 0.5) is 15.3 Å². The number of aromatic nitrogens is 4. The van der Waals surface area contributed by atoms with E-state index in [2.05, 4.69) is 26.6 Å². The molecule has 31 heavy (non-hydrogen) atoms. The molecular weight excluding hydrogens is 415 g/mol. The first-order chi connectivity index (χ1) is 15.0. The summed E-state index contributed by atoms with van der Waals surface area (Å²) in [6.07, 6.45) is 1.96. The molecule has 0 saturated carbocycles. The molecule has 1 aliphatic rings.